The molecule has 0 aromatic carbocycles. The zero-order valence-corrected chi connectivity index (χ0v) is 8.76. The van der Waals surface area contributed by atoms with Crippen molar-refractivity contribution >= 4 is 0 Å². The molecule has 0 fully saturated rings. The fraction of sp³-hybridized carbons (Fsp3) is 1.00. The second-order valence-corrected chi connectivity index (χ2v) is 3.16. The average Bonchev–Trinajstić information content (AvgIpc) is 2.03. The maximum absolute atomic E-state index is 5.31. The van der Waals surface area contributed by atoms with E-state index in [9.17, 15) is 0 Å². The molecule has 0 spiro atoms. The summed E-state index contributed by atoms with van der Waals surface area (Å²) in [6.45, 7) is 4.74. The lowest BCUT2D eigenvalue weighted by Crippen LogP contribution is -2.37. The van der Waals surface area contributed by atoms with Crippen LogP contribution in [0.1, 0.15) is 13.3 Å². The third-order valence-electron chi connectivity index (χ3n) is 1.97. The van der Waals surface area contributed by atoms with E-state index in [0.29, 0.717) is 6.04 Å². The number of likely N-dealkylation sites (N-methyl/N-ethyl adjacent to an activating group) is 2. The second-order valence-electron chi connectivity index (χ2n) is 3.16. The summed E-state index contributed by atoms with van der Waals surface area (Å²) in [7, 11) is 6.19. The van der Waals surface area contributed by atoms with E-state index in [-0.39, 0.29) is 0 Å². The highest BCUT2D eigenvalue weighted by Gasteiger charge is 2.08. The van der Waals surface area contributed by atoms with Crippen molar-refractivity contribution in [2.24, 2.45) is 0 Å². The van der Waals surface area contributed by atoms with Gasteiger partial charge in [-0.3, -0.25) is 0 Å². The molecule has 74 valence electrons. The molecule has 0 saturated heterocycles. The average molecular weight is 174 g/mol. The molecule has 0 aliphatic heterocycles. The van der Waals surface area contributed by atoms with Crippen molar-refractivity contribution in [2.45, 2.75) is 19.4 Å². The van der Waals surface area contributed by atoms with Crippen LogP contribution in [0.2, 0.25) is 0 Å². The van der Waals surface area contributed by atoms with Gasteiger partial charge in [0.25, 0.3) is 0 Å². The minimum absolute atomic E-state index is 0.585. The lowest BCUT2D eigenvalue weighted by Gasteiger charge is -2.23. The van der Waals surface area contributed by atoms with Crippen molar-refractivity contribution in [1.82, 2.24) is 10.2 Å². The Hall–Kier alpha value is -0.120. The number of nitrogens with zero attached hydrogens (tertiary/aromatic N) is 1. The molecular weight excluding hydrogens is 152 g/mol. The summed E-state index contributed by atoms with van der Waals surface area (Å²) in [5, 5.41) is 3.18. The Labute approximate surface area is 76.1 Å². The quantitative estimate of drug-likeness (QED) is 0.571. The van der Waals surface area contributed by atoms with Crippen molar-refractivity contribution in [3.63, 3.8) is 0 Å². The van der Waals surface area contributed by atoms with Crippen molar-refractivity contribution in [2.75, 3.05) is 40.9 Å². The van der Waals surface area contributed by atoms with E-state index in [2.05, 4.69) is 24.3 Å². The SMILES string of the molecule is CCOCCC(CNC)N(C)C. The molecule has 1 N–H and O–H groups in total. The molecule has 3 heteroatoms. The molecule has 1 unspecified atom stereocenters. The van der Waals surface area contributed by atoms with E-state index in [1.54, 1.807) is 0 Å². The molecule has 0 bridgehead atoms. The highest BCUT2D eigenvalue weighted by molar-refractivity contribution is 4.67. The lowest BCUT2D eigenvalue weighted by atomic mass is 10.2. The van der Waals surface area contributed by atoms with Crippen LogP contribution in [0.5, 0.6) is 0 Å². The fourth-order valence-electron chi connectivity index (χ4n) is 1.14. The Morgan fingerprint density at radius 2 is 2.08 bits per heavy atom. The molecule has 0 saturated carbocycles. The van der Waals surface area contributed by atoms with Crippen LogP contribution < -0.4 is 5.32 Å². The lowest BCUT2D eigenvalue weighted by molar-refractivity contribution is 0.120. The van der Waals surface area contributed by atoms with E-state index in [4.69, 9.17) is 4.74 Å². The molecule has 0 aliphatic rings. The van der Waals surface area contributed by atoms with Gasteiger partial charge in [0.05, 0.1) is 0 Å². The van der Waals surface area contributed by atoms with Gasteiger partial charge in [-0.15, -0.1) is 0 Å². The predicted octanol–water partition coefficient (Wildman–Crippen LogP) is 0.563. The predicted molar refractivity (Wildman–Crippen MR) is 52.5 cm³/mol. The zero-order chi connectivity index (χ0) is 9.40. The van der Waals surface area contributed by atoms with Crippen LogP contribution in [-0.2, 0) is 4.74 Å². The summed E-state index contributed by atoms with van der Waals surface area (Å²) in [6.07, 6.45) is 1.10. The Balaban J connectivity index is 3.49. The Kier molecular flexibility index (Phi) is 7.45. The maximum atomic E-state index is 5.31. The molecule has 3 nitrogen and oxygen atoms in total. The minimum atomic E-state index is 0.585. The van der Waals surface area contributed by atoms with Gasteiger partial charge < -0.3 is 15.0 Å². The van der Waals surface area contributed by atoms with Gasteiger partial charge in [-0.2, -0.15) is 0 Å². The molecule has 0 radical (unpaired) electrons. The highest BCUT2D eigenvalue weighted by atomic mass is 16.5. The molecule has 0 heterocycles. The normalized spacial score (nSPS) is 13.8. The third kappa shape index (κ3) is 5.52. The van der Waals surface area contributed by atoms with Gasteiger partial charge in [0.15, 0.2) is 0 Å². The molecular formula is C9H22N2O. The number of ether oxygens (including phenoxy) is 1. The summed E-state index contributed by atoms with van der Waals surface area (Å²) >= 11 is 0. The Morgan fingerprint density at radius 3 is 2.50 bits per heavy atom. The molecule has 0 aliphatic carbocycles. The van der Waals surface area contributed by atoms with Gasteiger partial charge in [0.1, 0.15) is 0 Å². The molecule has 0 aromatic heterocycles. The minimum Gasteiger partial charge on any atom is -0.382 e. The Morgan fingerprint density at radius 1 is 1.42 bits per heavy atom. The van der Waals surface area contributed by atoms with Gasteiger partial charge in [0, 0.05) is 25.8 Å². The van der Waals surface area contributed by atoms with Crippen molar-refractivity contribution in [3.8, 4) is 0 Å². The van der Waals surface area contributed by atoms with Crippen LogP contribution in [0.3, 0.4) is 0 Å². The van der Waals surface area contributed by atoms with E-state index in [0.717, 1.165) is 26.2 Å². The topological polar surface area (TPSA) is 24.5 Å². The van der Waals surface area contributed by atoms with Gasteiger partial charge in [-0.1, -0.05) is 0 Å². The van der Waals surface area contributed by atoms with Crippen molar-refractivity contribution in [1.29, 1.82) is 0 Å². The van der Waals surface area contributed by atoms with Gasteiger partial charge >= 0.3 is 0 Å². The first-order chi connectivity index (χ1) is 5.72. The van der Waals surface area contributed by atoms with Crippen LogP contribution >= 0.6 is 0 Å². The monoisotopic (exact) mass is 174 g/mol. The zero-order valence-electron chi connectivity index (χ0n) is 8.76. The number of nitrogens with one attached hydrogen (secondary N) is 1. The number of hydrogen-bond donors (Lipinski definition) is 1. The first-order valence-corrected chi connectivity index (χ1v) is 4.61. The second kappa shape index (κ2) is 7.53. The fourth-order valence-corrected chi connectivity index (χ4v) is 1.14. The van der Waals surface area contributed by atoms with E-state index < -0.39 is 0 Å². The molecule has 1 atom stereocenters. The van der Waals surface area contributed by atoms with Crippen LogP contribution in [0.15, 0.2) is 0 Å². The van der Waals surface area contributed by atoms with Crippen LogP contribution in [0.25, 0.3) is 0 Å². The molecule has 12 heavy (non-hydrogen) atoms. The van der Waals surface area contributed by atoms with Crippen LogP contribution in [-0.4, -0.2) is 51.8 Å². The molecule has 0 amide bonds. The summed E-state index contributed by atoms with van der Waals surface area (Å²) in [6, 6.07) is 0.585. The summed E-state index contributed by atoms with van der Waals surface area (Å²) in [5.74, 6) is 0. The van der Waals surface area contributed by atoms with Gasteiger partial charge in [0.2, 0.25) is 0 Å². The van der Waals surface area contributed by atoms with Crippen LogP contribution in [0, 0.1) is 0 Å². The summed E-state index contributed by atoms with van der Waals surface area (Å²) in [5.41, 5.74) is 0. The number of hydrogen-bond acceptors (Lipinski definition) is 3. The van der Waals surface area contributed by atoms with Crippen LogP contribution in [0.4, 0.5) is 0 Å². The smallest absolute Gasteiger partial charge is 0.0481 e. The molecule has 0 rings (SSSR count). The standard InChI is InChI=1S/C9H22N2O/c1-5-12-7-6-9(8-10-2)11(3)4/h9-10H,5-8H2,1-4H3. The highest BCUT2D eigenvalue weighted by Crippen LogP contribution is 1.98. The number of rotatable bonds is 7. The maximum Gasteiger partial charge on any atom is 0.0481 e. The van der Waals surface area contributed by atoms with Crippen molar-refractivity contribution < 1.29 is 4.74 Å². The third-order valence-corrected chi connectivity index (χ3v) is 1.97. The van der Waals surface area contributed by atoms with E-state index in [1.807, 2.05) is 14.0 Å². The summed E-state index contributed by atoms with van der Waals surface area (Å²) in [4.78, 5) is 2.23. The largest absolute Gasteiger partial charge is 0.382 e. The summed E-state index contributed by atoms with van der Waals surface area (Å²) < 4.78 is 5.31. The first-order valence-electron chi connectivity index (χ1n) is 4.61. The van der Waals surface area contributed by atoms with Crippen molar-refractivity contribution in [3.05, 3.63) is 0 Å². The first kappa shape index (κ1) is 11.9. The van der Waals surface area contributed by atoms with Gasteiger partial charge in [-0.25, -0.2) is 0 Å². The van der Waals surface area contributed by atoms with E-state index in [1.165, 1.54) is 0 Å². The van der Waals surface area contributed by atoms with Gasteiger partial charge in [-0.05, 0) is 34.5 Å². The van der Waals surface area contributed by atoms with E-state index >= 15 is 0 Å². The molecule has 0 aromatic rings. The Bertz CT molecular complexity index is 96.5.